The molecule has 0 amide bonds. The highest BCUT2D eigenvalue weighted by Crippen LogP contribution is 2.22. The highest BCUT2D eigenvalue weighted by Gasteiger charge is 2.13. The third-order valence-electron chi connectivity index (χ3n) is 3.29. The molecule has 1 aromatic heterocycles. The van der Waals surface area contributed by atoms with Crippen LogP contribution in [0, 0.1) is 0 Å². The summed E-state index contributed by atoms with van der Waals surface area (Å²) in [7, 11) is 0. The first-order valence-electron chi connectivity index (χ1n) is 6.21. The molecule has 0 aliphatic carbocycles. The van der Waals surface area contributed by atoms with Crippen molar-refractivity contribution in [1.29, 1.82) is 0 Å². The molecule has 0 bridgehead atoms. The van der Waals surface area contributed by atoms with E-state index in [1.54, 1.807) is 6.20 Å². The second kappa shape index (κ2) is 5.13. The monoisotopic (exact) mass is 329 g/mol. The number of carbonyl (C=O) groups is 1. The average Bonchev–Trinajstić information content (AvgIpc) is 2.81. The number of hydrogen-bond acceptors (Lipinski definition) is 1. The number of halogens is 1. The van der Waals surface area contributed by atoms with Crippen molar-refractivity contribution < 1.29 is 9.90 Å². The van der Waals surface area contributed by atoms with Crippen LogP contribution in [0.1, 0.15) is 15.9 Å². The van der Waals surface area contributed by atoms with Crippen LogP contribution in [0.4, 0.5) is 0 Å². The first-order chi connectivity index (χ1) is 9.65. The van der Waals surface area contributed by atoms with Gasteiger partial charge >= 0.3 is 5.97 Å². The van der Waals surface area contributed by atoms with Crippen molar-refractivity contribution >= 4 is 32.8 Å². The van der Waals surface area contributed by atoms with Crippen molar-refractivity contribution in [2.45, 2.75) is 6.54 Å². The molecule has 0 aliphatic heterocycles. The van der Waals surface area contributed by atoms with E-state index in [4.69, 9.17) is 0 Å². The molecule has 0 saturated heterocycles. The quantitative estimate of drug-likeness (QED) is 0.784. The summed E-state index contributed by atoms with van der Waals surface area (Å²) in [5.41, 5.74) is 2.41. The number of carboxylic acids is 1. The normalized spacial score (nSPS) is 10.8. The highest BCUT2D eigenvalue weighted by molar-refractivity contribution is 9.10. The summed E-state index contributed by atoms with van der Waals surface area (Å²) < 4.78 is 3.01. The molecular formula is C16H12BrNO2. The van der Waals surface area contributed by atoms with Crippen molar-refractivity contribution in [2.24, 2.45) is 0 Å². The van der Waals surface area contributed by atoms with Gasteiger partial charge in [-0.15, -0.1) is 0 Å². The van der Waals surface area contributed by atoms with Gasteiger partial charge in [0.25, 0.3) is 0 Å². The number of aromatic carboxylic acids is 1. The van der Waals surface area contributed by atoms with Crippen molar-refractivity contribution in [2.75, 3.05) is 0 Å². The molecule has 4 heteroatoms. The van der Waals surface area contributed by atoms with Crippen molar-refractivity contribution in [1.82, 2.24) is 4.57 Å². The van der Waals surface area contributed by atoms with E-state index in [0.717, 1.165) is 20.9 Å². The number of benzene rings is 2. The molecule has 1 N–H and O–H groups in total. The van der Waals surface area contributed by atoms with Gasteiger partial charge in [0.15, 0.2) is 0 Å². The first kappa shape index (κ1) is 12.9. The summed E-state index contributed by atoms with van der Waals surface area (Å²) in [6, 6.07) is 15.6. The Morgan fingerprint density at radius 2 is 1.80 bits per heavy atom. The van der Waals surface area contributed by atoms with E-state index < -0.39 is 5.97 Å². The summed E-state index contributed by atoms with van der Waals surface area (Å²) in [6.45, 7) is 0.654. The van der Waals surface area contributed by atoms with E-state index in [-0.39, 0.29) is 0 Å². The third-order valence-corrected chi connectivity index (χ3v) is 3.81. The molecule has 0 spiro atoms. The van der Waals surface area contributed by atoms with Crippen LogP contribution >= 0.6 is 15.9 Å². The molecule has 0 saturated carbocycles. The van der Waals surface area contributed by atoms with Crippen LogP contribution < -0.4 is 0 Å². The minimum Gasteiger partial charge on any atom is -0.478 e. The zero-order valence-corrected chi connectivity index (χ0v) is 12.2. The van der Waals surface area contributed by atoms with Gasteiger partial charge in [0, 0.05) is 28.1 Å². The van der Waals surface area contributed by atoms with Crippen LogP contribution in [-0.2, 0) is 6.54 Å². The molecule has 2 aromatic carbocycles. The largest absolute Gasteiger partial charge is 0.478 e. The zero-order chi connectivity index (χ0) is 14.1. The summed E-state index contributed by atoms with van der Waals surface area (Å²) in [4.78, 5) is 11.3. The average molecular weight is 330 g/mol. The third kappa shape index (κ3) is 2.34. The molecule has 0 fully saturated rings. The number of fused-ring (bicyclic) bond motifs is 1. The van der Waals surface area contributed by atoms with Gasteiger partial charge in [-0.3, -0.25) is 0 Å². The standard InChI is InChI=1S/C16H12BrNO2/c17-12-7-5-11(6-8-12)9-18-10-14(16(19)20)13-3-1-2-4-15(13)18/h1-8,10H,9H2,(H,19,20). The van der Waals surface area contributed by atoms with Gasteiger partial charge in [-0.25, -0.2) is 4.79 Å². The van der Waals surface area contributed by atoms with Crippen molar-refractivity contribution in [3.8, 4) is 0 Å². The summed E-state index contributed by atoms with van der Waals surface area (Å²) in [5, 5.41) is 10.1. The van der Waals surface area contributed by atoms with Gasteiger partial charge in [0.2, 0.25) is 0 Å². The summed E-state index contributed by atoms with van der Waals surface area (Å²) in [5.74, 6) is -0.893. The number of aromatic nitrogens is 1. The number of para-hydroxylation sites is 1. The highest BCUT2D eigenvalue weighted by atomic mass is 79.9. The topological polar surface area (TPSA) is 42.2 Å². The van der Waals surface area contributed by atoms with E-state index in [0.29, 0.717) is 12.1 Å². The Hall–Kier alpha value is -2.07. The number of carboxylic acid groups (broad SMARTS) is 1. The van der Waals surface area contributed by atoms with Gasteiger partial charge in [0.1, 0.15) is 0 Å². The Morgan fingerprint density at radius 1 is 1.10 bits per heavy atom. The van der Waals surface area contributed by atoms with E-state index in [1.165, 1.54) is 0 Å². The maximum absolute atomic E-state index is 11.3. The van der Waals surface area contributed by atoms with Gasteiger partial charge in [-0.05, 0) is 23.8 Å². The molecule has 0 radical (unpaired) electrons. The van der Waals surface area contributed by atoms with E-state index in [1.807, 2.05) is 53.1 Å². The van der Waals surface area contributed by atoms with Gasteiger partial charge in [-0.1, -0.05) is 46.3 Å². The lowest BCUT2D eigenvalue weighted by atomic mass is 10.2. The fraction of sp³-hybridized carbons (Fsp3) is 0.0625. The predicted molar refractivity (Wildman–Crippen MR) is 82.1 cm³/mol. The van der Waals surface area contributed by atoms with Crippen LogP contribution in [0.15, 0.2) is 59.2 Å². The molecule has 3 rings (SSSR count). The fourth-order valence-electron chi connectivity index (χ4n) is 2.33. The van der Waals surface area contributed by atoms with Gasteiger partial charge in [-0.2, -0.15) is 0 Å². The second-order valence-electron chi connectivity index (χ2n) is 4.62. The van der Waals surface area contributed by atoms with E-state index in [2.05, 4.69) is 15.9 Å². The lowest BCUT2D eigenvalue weighted by Crippen LogP contribution is -1.98. The number of rotatable bonds is 3. The van der Waals surface area contributed by atoms with Gasteiger partial charge < -0.3 is 9.67 Å². The Balaban J connectivity index is 2.07. The van der Waals surface area contributed by atoms with Crippen molar-refractivity contribution in [3.05, 3.63) is 70.3 Å². The van der Waals surface area contributed by atoms with Crippen LogP contribution in [0.5, 0.6) is 0 Å². The maximum atomic E-state index is 11.3. The lowest BCUT2D eigenvalue weighted by molar-refractivity contribution is 0.0699. The SMILES string of the molecule is O=C(O)c1cn(Cc2ccc(Br)cc2)c2ccccc12. The zero-order valence-electron chi connectivity index (χ0n) is 10.6. The summed E-state index contributed by atoms with van der Waals surface area (Å²) >= 11 is 3.41. The minimum absolute atomic E-state index is 0.345. The molecule has 20 heavy (non-hydrogen) atoms. The number of hydrogen-bond donors (Lipinski definition) is 1. The Labute approximate surface area is 124 Å². The van der Waals surface area contributed by atoms with Crippen LogP contribution in [0.25, 0.3) is 10.9 Å². The molecule has 3 nitrogen and oxygen atoms in total. The first-order valence-corrected chi connectivity index (χ1v) is 7.00. The molecule has 100 valence electrons. The minimum atomic E-state index is -0.893. The molecule has 0 unspecified atom stereocenters. The number of nitrogens with zero attached hydrogens (tertiary/aromatic N) is 1. The predicted octanol–water partition coefficient (Wildman–Crippen LogP) is 4.15. The molecule has 3 aromatic rings. The lowest BCUT2D eigenvalue weighted by Gasteiger charge is -2.05. The Bertz CT molecular complexity index is 775. The smallest absolute Gasteiger partial charge is 0.337 e. The Morgan fingerprint density at radius 3 is 2.50 bits per heavy atom. The molecule has 0 atom stereocenters. The van der Waals surface area contributed by atoms with E-state index in [9.17, 15) is 9.90 Å². The molecular weight excluding hydrogens is 318 g/mol. The summed E-state index contributed by atoms with van der Waals surface area (Å²) in [6.07, 6.45) is 1.70. The fourth-order valence-corrected chi connectivity index (χ4v) is 2.60. The maximum Gasteiger partial charge on any atom is 0.337 e. The van der Waals surface area contributed by atoms with Crippen LogP contribution in [-0.4, -0.2) is 15.6 Å². The van der Waals surface area contributed by atoms with Crippen LogP contribution in [0.2, 0.25) is 0 Å². The second-order valence-corrected chi connectivity index (χ2v) is 5.54. The van der Waals surface area contributed by atoms with Crippen molar-refractivity contribution in [3.63, 3.8) is 0 Å². The molecule has 1 heterocycles. The Kier molecular flexibility index (Phi) is 3.32. The molecule has 0 aliphatic rings. The van der Waals surface area contributed by atoms with E-state index >= 15 is 0 Å². The van der Waals surface area contributed by atoms with Gasteiger partial charge in [0.05, 0.1) is 5.56 Å². The van der Waals surface area contributed by atoms with Crippen LogP contribution in [0.3, 0.4) is 0 Å².